The monoisotopic (exact) mass is 218 g/mol. The van der Waals surface area contributed by atoms with Crippen LogP contribution in [-0.2, 0) is 0 Å². The Hall–Kier alpha value is -1.42. The molecule has 0 radical (unpaired) electrons. The zero-order chi connectivity index (χ0) is 11.8. The van der Waals surface area contributed by atoms with Crippen molar-refractivity contribution in [3.8, 4) is 0 Å². The number of fused-ring (bicyclic) bond motifs is 1. The Kier molecular flexibility index (Phi) is 2.68. The van der Waals surface area contributed by atoms with Crippen LogP contribution in [0.5, 0.6) is 0 Å². The minimum Gasteiger partial charge on any atom is -0.312 e. The van der Waals surface area contributed by atoms with Crippen LogP contribution in [0.4, 0.5) is 0 Å². The van der Waals surface area contributed by atoms with Gasteiger partial charge in [-0.3, -0.25) is 4.98 Å². The fraction of sp³-hybridized carbons (Fsp3) is 0.500. The van der Waals surface area contributed by atoms with E-state index in [1.165, 1.54) is 5.56 Å². The minimum atomic E-state index is 0.147. The Bertz CT molecular complexity index is 481. The van der Waals surface area contributed by atoms with Crippen molar-refractivity contribution in [2.75, 3.05) is 7.05 Å². The molecule has 86 valence electrons. The molecule has 2 heterocycles. The molecular weight excluding hydrogens is 200 g/mol. The quantitative estimate of drug-likeness (QED) is 0.838. The van der Waals surface area contributed by atoms with E-state index in [1.807, 2.05) is 30.2 Å². The first-order valence-electron chi connectivity index (χ1n) is 5.48. The molecule has 0 spiro atoms. The van der Waals surface area contributed by atoms with Gasteiger partial charge in [-0.2, -0.15) is 5.10 Å². The number of rotatable bonds is 2. The summed E-state index contributed by atoms with van der Waals surface area (Å²) >= 11 is 0. The van der Waals surface area contributed by atoms with Crippen molar-refractivity contribution < 1.29 is 0 Å². The van der Waals surface area contributed by atoms with Gasteiger partial charge in [-0.25, -0.2) is 4.52 Å². The third-order valence-corrected chi connectivity index (χ3v) is 2.82. The van der Waals surface area contributed by atoms with Crippen molar-refractivity contribution in [1.29, 1.82) is 0 Å². The van der Waals surface area contributed by atoms with Crippen molar-refractivity contribution in [2.45, 2.75) is 26.8 Å². The summed E-state index contributed by atoms with van der Waals surface area (Å²) in [5, 5.41) is 7.69. The zero-order valence-corrected chi connectivity index (χ0v) is 10.2. The predicted molar refractivity (Wildman–Crippen MR) is 64.2 cm³/mol. The normalized spacial score (nSPS) is 14.2. The van der Waals surface area contributed by atoms with Crippen molar-refractivity contribution in [2.24, 2.45) is 5.41 Å². The molecule has 0 aromatic carbocycles. The smallest absolute Gasteiger partial charge is 0.0892 e. The lowest BCUT2D eigenvalue weighted by Crippen LogP contribution is -2.29. The van der Waals surface area contributed by atoms with Gasteiger partial charge in [0.05, 0.1) is 17.9 Å². The van der Waals surface area contributed by atoms with Gasteiger partial charge in [0, 0.05) is 24.0 Å². The molecule has 0 fully saturated rings. The Balaban J connectivity index is 2.54. The fourth-order valence-electron chi connectivity index (χ4n) is 2.13. The Labute approximate surface area is 95.7 Å². The summed E-state index contributed by atoms with van der Waals surface area (Å²) in [5.41, 5.74) is 2.41. The molecule has 0 saturated heterocycles. The van der Waals surface area contributed by atoms with Gasteiger partial charge in [-0.05, 0) is 12.5 Å². The molecule has 0 aliphatic rings. The Morgan fingerprint density at radius 1 is 1.31 bits per heavy atom. The molecule has 0 bridgehead atoms. The van der Waals surface area contributed by atoms with E-state index >= 15 is 0 Å². The molecule has 2 aromatic heterocycles. The molecule has 0 aliphatic heterocycles. The summed E-state index contributed by atoms with van der Waals surface area (Å²) in [7, 11) is 1.98. The van der Waals surface area contributed by atoms with Gasteiger partial charge in [0.1, 0.15) is 0 Å². The predicted octanol–water partition coefficient (Wildman–Crippen LogP) is 2.04. The molecule has 4 heteroatoms. The average molecular weight is 218 g/mol. The maximum absolute atomic E-state index is 4.34. The first-order valence-corrected chi connectivity index (χ1v) is 5.48. The lowest BCUT2D eigenvalue weighted by Gasteiger charge is -2.29. The second-order valence-corrected chi connectivity index (χ2v) is 5.09. The number of nitrogens with one attached hydrogen (secondary N) is 1. The van der Waals surface area contributed by atoms with Crippen LogP contribution in [0.3, 0.4) is 0 Å². The number of nitrogens with zero attached hydrogens (tertiary/aromatic N) is 3. The number of hydrogen-bond donors (Lipinski definition) is 1. The molecule has 1 unspecified atom stereocenters. The third-order valence-electron chi connectivity index (χ3n) is 2.82. The molecule has 2 rings (SSSR count). The second-order valence-electron chi connectivity index (χ2n) is 5.09. The summed E-state index contributed by atoms with van der Waals surface area (Å²) in [6.45, 7) is 6.65. The summed E-state index contributed by atoms with van der Waals surface area (Å²) in [6.07, 6.45) is 7.39. The SMILES string of the molecule is CNC(c1cnn2ccncc12)C(C)(C)C. The van der Waals surface area contributed by atoms with E-state index in [0.717, 1.165) is 5.52 Å². The van der Waals surface area contributed by atoms with E-state index in [9.17, 15) is 0 Å². The summed E-state index contributed by atoms with van der Waals surface area (Å²) < 4.78 is 1.86. The molecule has 2 aromatic rings. The first-order chi connectivity index (χ1) is 7.54. The van der Waals surface area contributed by atoms with E-state index in [2.05, 4.69) is 36.2 Å². The van der Waals surface area contributed by atoms with Gasteiger partial charge in [-0.15, -0.1) is 0 Å². The van der Waals surface area contributed by atoms with Crippen molar-refractivity contribution in [3.05, 3.63) is 30.4 Å². The van der Waals surface area contributed by atoms with E-state index in [-0.39, 0.29) is 11.5 Å². The van der Waals surface area contributed by atoms with E-state index < -0.39 is 0 Å². The van der Waals surface area contributed by atoms with Crippen LogP contribution in [0.15, 0.2) is 24.8 Å². The highest BCUT2D eigenvalue weighted by molar-refractivity contribution is 5.53. The molecule has 4 nitrogen and oxygen atoms in total. The summed E-state index contributed by atoms with van der Waals surface area (Å²) in [4.78, 5) is 4.16. The molecule has 0 amide bonds. The molecule has 1 N–H and O–H groups in total. The van der Waals surface area contributed by atoms with E-state index in [0.29, 0.717) is 0 Å². The standard InChI is InChI=1S/C12H18N4/c1-12(2,3)11(13-4)9-7-15-16-6-5-14-8-10(9)16/h5-8,11,13H,1-4H3. The van der Waals surface area contributed by atoms with Crippen LogP contribution >= 0.6 is 0 Å². The van der Waals surface area contributed by atoms with Crippen molar-refractivity contribution in [3.63, 3.8) is 0 Å². The second kappa shape index (κ2) is 3.87. The topological polar surface area (TPSA) is 42.2 Å². The van der Waals surface area contributed by atoms with Gasteiger partial charge in [0.2, 0.25) is 0 Å². The maximum Gasteiger partial charge on any atom is 0.0892 e. The Morgan fingerprint density at radius 2 is 2.06 bits per heavy atom. The van der Waals surface area contributed by atoms with Crippen molar-refractivity contribution in [1.82, 2.24) is 19.9 Å². The molecule has 0 saturated carbocycles. The average Bonchev–Trinajstić information content (AvgIpc) is 2.61. The van der Waals surface area contributed by atoms with Gasteiger partial charge in [0.25, 0.3) is 0 Å². The lowest BCUT2D eigenvalue weighted by molar-refractivity contribution is 0.288. The third kappa shape index (κ3) is 1.80. The lowest BCUT2D eigenvalue weighted by atomic mass is 9.83. The van der Waals surface area contributed by atoms with Crippen LogP contribution < -0.4 is 5.32 Å². The van der Waals surface area contributed by atoms with Crippen LogP contribution in [0.25, 0.3) is 5.52 Å². The van der Waals surface area contributed by atoms with E-state index in [4.69, 9.17) is 0 Å². The number of aromatic nitrogens is 3. The summed E-state index contributed by atoms with van der Waals surface area (Å²) in [5.74, 6) is 0. The molecular formula is C12H18N4. The maximum atomic E-state index is 4.34. The van der Waals surface area contributed by atoms with Gasteiger partial charge in [-0.1, -0.05) is 20.8 Å². The Morgan fingerprint density at radius 3 is 2.69 bits per heavy atom. The fourth-order valence-corrected chi connectivity index (χ4v) is 2.13. The van der Waals surface area contributed by atoms with Crippen LogP contribution in [0.1, 0.15) is 32.4 Å². The van der Waals surface area contributed by atoms with Crippen molar-refractivity contribution >= 4 is 5.52 Å². The first kappa shape index (κ1) is 11.1. The highest BCUT2D eigenvalue weighted by Gasteiger charge is 2.27. The highest BCUT2D eigenvalue weighted by atomic mass is 15.2. The zero-order valence-electron chi connectivity index (χ0n) is 10.2. The van der Waals surface area contributed by atoms with Gasteiger partial charge < -0.3 is 5.32 Å². The summed E-state index contributed by atoms with van der Waals surface area (Å²) in [6, 6.07) is 0.272. The van der Waals surface area contributed by atoms with Crippen LogP contribution in [-0.4, -0.2) is 21.6 Å². The van der Waals surface area contributed by atoms with Crippen LogP contribution in [0.2, 0.25) is 0 Å². The van der Waals surface area contributed by atoms with E-state index in [1.54, 1.807) is 6.20 Å². The largest absolute Gasteiger partial charge is 0.312 e. The van der Waals surface area contributed by atoms with Gasteiger partial charge in [0.15, 0.2) is 0 Å². The highest BCUT2D eigenvalue weighted by Crippen LogP contribution is 2.34. The van der Waals surface area contributed by atoms with Crippen LogP contribution in [0, 0.1) is 5.41 Å². The number of hydrogen-bond acceptors (Lipinski definition) is 3. The molecule has 0 aliphatic carbocycles. The molecule has 16 heavy (non-hydrogen) atoms. The minimum absolute atomic E-state index is 0.147. The molecule has 1 atom stereocenters. The van der Waals surface area contributed by atoms with Gasteiger partial charge >= 0.3 is 0 Å².